The Kier molecular flexibility index (Phi) is 5.09. The maximum absolute atomic E-state index is 5.64. The molecule has 2 nitrogen and oxygen atoms in total. The summed E-state index contributed by atoms with van der Waals surface area (Å²) in [6.45, 7) is 8.69. The van der Waals surface area contributed by atoms with Crippen molar-refractivity contribution >= 4 is 0 Å². The lowest BCUT2D eigenvalue weighted by Gasteiger charge is -2.22. The van der Waals surface area contributed by atoms with E-state index in [2.05, 4.69) is 32.2 Å². The lowest BCUT2D eigenvalue weighted by Crippen LogP contribution is -2.31. The summed E-state index contributed by atoms with van der Waals surface area (Å²) in [5.74, 6) is 3.05. The number of aryl methyl sites for hydroxylation is 2. The van der Waals surface area contributed by atoms with Gasteiger partial charge in [0.15, 0.2) is 0 Å². The van der Waals surface area contributed by atoms with E-state index in [9.17, 15) is 0 Å². The van der Waals surface area contributed by atoms with Crippen molar-refractivity contribution in [3.8, 4) is 0 Å². The fourth-order valence-corrected chi connectivity index (χ4v) is 3.48. The number of nitrogens with one attached hydrogen (secondary N) is 1. The molecule has 1 N–H and O–H groups in total. The third-order valence-corrected chi connectivity index (χ3v) is 4.70. The van der Waals surface area contributed by atoms with Crippen molar-refractivity contribution in [1.82, 2.24) is 5.32 Å². The van der Waals surface area contributed by atoms with Gasteiger partial charge in [0, 0.05) is 17.6 Å². The van der Waals surface area contributed by atoms with Gasteiger partial charge < -0.3 is 9.73 Å². The molecule has 1 aliphatic rings. The minimum atomic E-state index is 0.403. The molecule has 1 aliphatic carbocycles. The van der Waals surface area contributed by atoms with Gasteiger partial charge in [0.1, 0.15) is 11.5 Å². The Morgan fingerprint density at radius 2 is 2.05 bits per heavy atom. The van der Waals surface area contributed by atoms with Gasteiger partial charge in [-0.3, -0.25) is 0 Å². The zero-order chi connectivity index (χ0) is 13.8. The molecule has 0 bridgehead atoms. The van der Waals surface area contributed by atoms with Crippen LogP contribution in [-0.2, 0) is 0 Å². The molecule has 1 heterocycles. The number of rotatable bonds is 4. The normalized spacial score (nSPS) is 26.1. The molecule has 0 aliphatic heterocycles. The van der Waals surface area contributed by atoms with Gasteiger partial charge in [-0.15, -0.1) is 0 Å². The third kappa shape index (κ3) is 3.85. The molecule has 108 valence electrons. The number of furan rings is 1. The van der Waals surface area contributed by atoms with Crippen LogP contribution in [0.5, 0.6) is 0 Å². The van der Waals surface area contributed by atoms with E-state index in [0.29, 0.717) is 12.1 Å². The second-order valence-electron chi connectivity index (χ2n) is 6.24. The summed E-state index contributed by atoms with van der Waals surface area (Å²) in [5.41, 5.74) is 1.33. The van der Waals surface area contributed by atoms with Crippen molar-refractivity contribution in [3.63, 3.8) is 0 Å². The van der Waals surface area contributed by atoms with Gasteiger partial charge in [-0.2, -0.15) is 0 Å². The average Bonchev–Trinajstić information content (AvgIpc) is 2.60. The molecule has 0 amide bonds. The topological polar surface area (TPSA) is 25.2 Å². The van der Waals surface area contributed by atoms with Gasteiger partial charge in [0.25, 0.3) is 0 Å². The van der Waals surface area contributed by atoms with Crippen LogP contribution in [0.25, 0.3) is 0 Å². The van der Waals surface area contributed by atoms with Crippen molar-refractivity contribution in [2.45, 2.75) is 78.3 Å². The van der Waals surface area contributed by atoms with Crippen molar-refractivity contribution in [2.24, 2.45) is 5.92 Å². The summed E-state index contributed by atoms with van der Waals surface area (Å²) in [4.78, 5) is 0. The quantitative estimate of drug-likeness (QED) is 0.781. The fourth-order valence-electron chi connectivity index (χ4n) is 3.48. The van der Waals surface area contributed by atoms with E-state index in [1.54, 1.807) is 0 Å². The maximum atomic E-state index is 5.64. The molecule has 19 heavy (non-hydrogen) atoms. The Bertz CT molecular complexity index is 396. The van der Waals surface area contributed by atoms with E-state index in [0.717, 1.165) is 17.4 Å². The Morgan fingerprint density at radius 1 is 1.26 bits per heavy atom. The van der Waals surface area contributed by atoms with Gasteiger partial charge in [-0.1, -0.05) is 26.2 Å². The zero-order valence-corrected chi connectivity index (χ0v) is 13.0. The zero-order valence-electron chi connectivity index (χ0n) is 13.0. The van der Waals surface area contributed by atoms with E-state index in [4.69, 9.17) is 4.42 Å². The first-order chi connectivity index (χ1) is 9.10. The standard InChI is InChI=1S/C17H29NO/c1-5-15-7-6-8-16(10-9-15)18-13(3)17-11-12(2)19-14(17)4/h11,13,15-16,18H,5-10H2,1-4H3. The molecule has 1 aromatic rings. The SMILES string of the molecule is CCC1CCCC(NC(C)c2cc(C)oc2C)CC1. The Labute approximate surface area is 118 Å². The molecular formula is C17H29NO. The minimum Gasteiger partial charge on any atom is -0.466 e. The summed E-state index contributed by atoms with van der Waals surface area (Å²) in [6.07, 6.45) is 8.21. The molecule has 2 heteroatoms. The lowest BCUT2D eigenvalue weighted by atomic mass is 9.97. The average molecular weight is 263 g/mol. The smallest absolute Gasteiger partial charge is 0.105 e. The van der Waals surface area contributed by atoms with Gasteiger partial charge in [-0.25, -0.2) is 0 Å². The second kappa shape index (κ2) is 6.60. The predicted molar refractivity (Wildman–Crippen MR) is 80.4 cm³/mol. The van der Waals surface area contributed by atoms with Gasteiger partial charge >= 0.3 is 0 Å². The first-order valence-corrected chi connectivity index (χ1v) is 7.93. The van der Waals surface area contributed by atoms with Crippen molar-refractivity contribution < 1.29 is 4.42 Å². The van der Waals surface area contributed by atoms with Gasteiger partial charge in [0.2, 0.25) is 0 Å². The van der Waals surface area contributed by atoms with E-state index < -0.39 is 0 Å². The first-order valence-electron chi connectivity index (χ1n) is 7.93. The highest BCUT2D eigenvalue weighted by Gasteiger charge is 2.21. The highest BCUT2D eigenvalue weighted by Crippen LogP contribution is 2.28. The summed E-state index contributed by atoms with van der Waals surface area (Å²) in [5, 5.41) is 3.81. The van der Waals surface area contributed by atoms with Crippen LogP contribution in [0.2, 0.25) is 0 Å². The van der Waals surface area contributed by atoms with Gasteiger partial charge in [0.05, 0.1) is 0 Å². The minimum absolute atomic E-state index is 0.403. The molecule has 3 unspecified atom stereocenters. The molecule has 0 saturated heterocycles. The number of hydrogen-bond donors (Lipinski definition) is 1. The van der Waals surface area contributed by atoms with Crippen LogP contribution in [0.15, 0.2) is 10.5 Å². The molecular weight excluding hydrogens is 234 g/mol. The monoisotopic (exact) mass is 263 g/mol. The summed E-state index contributed by atoms with van der Waals surface area (Å²) in [7, 11) is 0. The molecule has 1 fully saturated rings. The van der Waals surface area contributed by atoms with Crippen LogP contribution in [0.4, 0.5) is 0 Å². The molecule has 2 rings (SSSR count). The predicted octanol–water partition coefficient (Wildman–Crippen LogP) is 4.91. The van der Waals surface area contributed by atoms with Crippen molar-refractivity contribution in [3.05, 3.63) is 23.2 Å². The highest BCUT2D eigenvalue weighted by molar-refractivity contribution is 5.23. The van der Waals surface area contributed by atoms with Gasteiger partial charge in [-0.05, 0) is 52.0 Å². The third-order valence-electron chi connectivity index (χ3n) is 4.70. The van der Waals surface area contributed by atoms with E-state index in [1.807, 2.05) is 6.92 Å². The van der Waals surface area contributed by atoms with Crippen molar-refractivity contribution in [1.29, 1.82) is 0 Å². The van der Waals surface area contributed by atoms with Crippen molar-refractivity contribution in [2.75, 3.05) is 0 Å². The number of hydrogen-bond acceptors (Lipinski definition) is 2. The Morgan fingerprint density at radius 3 is 2.68 bits per heavy atom. The fraction of sp³-hybridized carbons (Fsp3) is 0.765. The molecule has 3 atom stereocenters. The highest BCUT2D eigenvalue weighted by atomic mass is 16.3. The molecule has 0 aromatic carbocycles. The summed E-state index contributed by atoms with van der Waals surface area (Å²) in [6, 6.07) is 3.26. The molecule has 0 radical (unpaired) electrons. The van der Waals surface area contributed by atoms with Crippen LogP contribution < -0.4 is 5.32 Å². The largest absolute Gasteiger partial charge is 0.466 e. The second-order valence-corrected chi connectivity index (χ2v) is 6.24. The Hall–Kier alpha value is -0.760. The summed E-state index contributed by atoms with van der Waals surface area (Å²) < 4.78 is 5.64. The van der Waals surface area contributed by atoms with Crippen LogP contribution in [0.1, 0.15) is 75.5 Å². The van der Waals surface area contributed by atoms with E-state index in [-0.39, 0.29) is 0 Å². The lowest BCUT2D eigenvalue weighted by molar-refractivity contribution is 0.396. The molecule has 0 spiro atoms. The summed E-state index contributed by atoms with van der Waals surface area (Å²) >= 11 is 0. The van der Waals surface area contributed by atoms with Crippen LogP contribution >= 0.6 is 0 Å². The van der Waals surface area contributed by atoms with Crippen LogP contribution in [0, 0.1) is 19.8 Å². The van der Waals surface area contributed by atoms with Crippen LogP contribution in [0.3, 0.4) is 0 Å². The van der Waals surface area contributed by atoms with Crippen LogP contribution in [-0.4, -0.2) is 6.04 Å². The first kappa shape index (κ1) is 14.6. The molecule has 1 aromatic heterocycles. The molecule has 1 saturated carbocycles. The Balaban J connectivity index is 1.91. The maximum Gasteiger partial charge on any atom is 0.105 e. The van der Waals surface area contributed by atoms with E-state index in [1.165, 1.54) is 44.1 Å². The van der Waals surface area contributed by atoms with E-state index >= 15 is 0 Å².